The third-order valence-electron chi connectivity index (χ3n) is 8.42. The van der Waals surface area contributed by atoms with E-state index in [-0.39, 0.29) is 26.4 Å². The van der Waals surface area contributed by atoms with Crippen LogP contribution in [0.3, 0.4) is 0 Å². The molecule has 0 aliphatic heterocycles. The van der Waals surface area contributed by atoms with Gasteiger partial charge in [-0.3, -0.25) is 0 Å². The van der Waals surface area contributed by atoms with Crippen molar-refractivity contribution in [2.24, 2.45) is 0 Å². The normalized spacial score (nSPS) is 13.0. The summed E-state index contributed by atoms with van der Waals surface area (Å²) >= 11 is 0. The summed E-state index contributed by atoms with van der Waals surface area (Å²) in [5, 5.41) is 21.0. The minimum Gasteiger partial charge on any atom is -0.491 e. The molecule has 0 saturated heterocycles. The molecule has 43 heavy (non-hydrogen) atoms. The molecule has 0 spiro atoms. The zero-order valence-corrected chi connectivity index (χ0v) is 23.7. The minimum absolute atomic E-state index is 0.0330. The highest BCUT2D eigenvalue weighted by molar-refractivity contribution is 5.97. The Morgan fingerprint density at radius 1 is 0.488 bits per heavy atom. The van der Waals surface area contributed by atoms with E-state index in [1.807, 2.05) is 24.3 Å². The number of rotatable bonds is 9. The average molecular weight is 565 g/mol. The van der Waals surface area contributed by atoms with Crippen molar-refractivity contribution in [3.05, 3.63) is 156 Å². The topological polar surface area (TPSA) is 58.9 Å². The van der Waals surface area contributed by atoms with Crippen LogP contribution in [0.1, 0.15) is 22.3 Å². The maximum absolute atomic E-state index is 9.27. The van der Waals surface area contributed by atoms with E-state index >= 15 is 0 Å². The lowest BCUT2D eigenvalue weighted by Gasteiger charge is -2.34. The molecule has 212 valence electrons. The van der Waals surface area contributed by atoms with Crippen LogP contribution >= 0.6 is 0 Å². The maximum atomic E-state index is 9.27. The van der Waals surface area contributed by atoms with Crippen LogP contribution in [0.2, 0.25) is 0 Å². The molecule has 0 aromatic heterocycles. The largest absolute Gasteiger partial charge is 0.491 e. The number of hydrogen-bond donors (Lipinski definition) is 2. The molecular formula is C39H32O4. The first-order chi connectivity index (χ1) is 21.2. The fraction of sp³-hybridized carbons (Fsp3) is 0.128. The van der Waals surface area contributed by atoms with Crippen LogP contribution in [0.25, 0.3) is 33.0 Å². The summed E-state index contributed by atoms with van der Waals surface area (Å²) in [6, 6.07) is 47.0. The van der Waals surface area contributed by atoms with E-state index < -0.39 is 5.41 Å². The van der Waals surface area contributed by atoms with Gasteiger partial charge in [0.25, 0.3) is 0 Å². The first-order valence-corrected chi connectivity index (χ1v) is 14.6. The average Bonchev–Trinajstić information content (AvgIpc) is 3.38. The zero-order chi connectivity index (χ0) is 29.2. The van der Waals surface area contributed by atoms with Crippen LogP contribution in [-0.4, -0.2) is 36.6 Å². The molecule has 1 aliphatic carbocycles. The highest BCUT2D eigenvalue weighted by atomic mass is 16.5. The molecule has 0 atom stereocenters. The third kappa shape index (κ3) is 4.56. The zero-order valence-electron chi connectivity index (χ0n) is 23.7. The smallest absolute Gasteiger partial charge is 0.119 e. The summed E-state index contributed by atoms with van der Waals surface area (Å²) in [5.41, 5.74) is 8.90. The van der Waals surface area contributed by atoms with Gasteiger partial charge in [0, 0.05) is 0 Å². The van der Waals surface area contributed by atoms with Gasteiger partial charge in [0.05, 0.1) is 18.6 Å². The van der Waals surface area contributed by atoms with Crippen molar-refractivity contribution in [3.63, 3.8) is 0 Å². The van der Waals surface area contributed by atoms with Crippen LogP contribution in [0.5, 0.6) is 11.5 Å². The second-order valence-corrected chi connectivity index (χ2v) is 10.8. The second-order valence-electron chi connectivity index (χ2n) is 10.8. The molecule has 0 fully saturated rings. The summed E-state index contributed by atoms with van der Waals surface area (Å²) in [6.45, 7) is 0.435. The van der Waals surface area contributed by atoms with Crippen molar-refractivity contribution in [1.82, 2.24) is 0 Å². The Morgan fingerprint density at radius 3 is 1.70 bits per heavy atom. The Hall–Kier alpha value is -4.90. The lowest BCUT2D eigenvalue weighted by Crippen LogP contribution is -2.28. The van der Waals surface area contributed by atoms with Gasteiger partial charge >= 0.3 is 0 Å². The van der Waals surface area contributed by atoms with Crippen molar-refractivity contribution in [2.75, 3.05) is 26.4 Å². The molecule has 2 N–H and O–H groups in total. The quantitative estimate of drug-likeness (QED) is 0.189. The summed E-state index contributed by atoms with van der Waals surface area (Å²) in [5.74, 6) is 1.44. The molecule has 4 nitrogen and oxygen atoms in total. The van der Waals surface area contributed by atoms with Crippen LogP contribution in [0, 0.1) is 0 Å². The van der Waals surface area contributed by atoms with Gasteiger partial charge in [0.1, 0.15) is 24.7 Å². The van der Waals surface area contributed by atoms with E-state index in [9.17, 15) is 10.2 Å². The minimum atomic E-state index is -0.593. The molecular weight excluding hydrogens is 532 g/mol. The molecule has 6 aromatic carbocycles. The number of aliphatic hydroxyl groups is 2. The Kier molecular flexibility index (Phi) is 7.15. The standard InChI is InChI=1S/C39H32O4/c40-22-24-42-32-18-14-30(15-19-32)39(31-16-20-33(21-17-31)43-25-23-41)36-10-4-3-8-35(36)38-34(9-5-11-37(38)39)29-13-12-27-6-1-2-7-28(27)26-29/h1-21,26,40-41H,22-25H2. The molecule has 0 heterocycles. The number of ether oxygens (including phenoxy) is 2. The van der Waals surface area contributed by atoms with Gasteiger partial charge in [-0.25, -0.2) is 0 Å². The van der Waals surface area contributed by atoms with Gasteiger partial charge in [-0.15, -0.1) is 0 Å². The van der Waals surface area contributed by atoms with Gasteiger partial charge in [-0.2, -0.15) is 0 Å². The number of fused-ring (bicyclic) bond motifs is 4. The van der Waals surface area contributed by atoms with E-state index in [2.05, 4.69) is 109 Å². The Balaban J connectivity index is 1.49. The van der Waals surface area contributed by atoms with Gasteiger partial charge in [-0.1, -0.05) is 103 Å². The van der Waals surface area contributed by atoms with E-state index in [1.165, 1.54) is 44.2 Å². The van der Waals surface area contributed by atoms with Gasteiger partial charge in [-0.05, 0) is 85.6 Å². The van der Waals surface area contributed by atoms with Crippen LogP contribution < -0.4 is 9.47 Å². The van der Waals surface area contributed by atoms with Crippen LogP contribution in [0.4, 0.5) is 0 Å². The molecule has 7 rings (SSSR count). The predicted molar refractivity (Wildman–Crippen MR) is 172 cm³/mol. The third-order valence-corrected chi connectivity index (χ3v) is 8.42. The summed E-state index contributed by atoms with van der Waals surface area (Å²) < 4.78 is 11.5. The SMILES string of the molecule is OCCOc1ccc(C2(c3ccc(OCCO)cc3)c3ccccc3-c3c(-c4ccc5ccccc5c4)cccc32)cc1. The molecule has 4 heteroatoms. The molecule has 0 amide bonds. The lowest BCUT2D eigenvalue weighted by atomic mass is 9.67. The first kappa shape index (κ1) is 27.0. The lowest BCUT2D eigenvalue weighted by molar-refractivity contribution is 0.201. The Bertz CT molecular complexity index is 1840. The van der Waals surface area contributed by atoms with E-state index in [4.69, 9.17) is 9.47 Å². The predicted octanol–water partition coefficient (Wildman–Crippen LogP) is 7.61. The Morgan fingerprint density at radius 2 is 1.05 bits per heavy atom. The van der Waals surface area contributed by atoms with Crippen molar-refractivity contribution in [1.29, 1.82) is 0 Å². The fourth-order valence-corrected chi connectivity index (χ4v) is 6.64. The van der Waals surface area contributed by atoms with Crippen LogP contribution in [0.15, 0.2) is 133 Å². The fourth-order valence-electron chi connectivity index (χ4n) is 6.64. The number of aliphatic hydroxyl groups excluding tert-OH is 2. The molecule has 6 aromatic rings. The first-order valence-electron chi connectivity index (χ1n) is 14.6. The Labute approximate surface area is 251 Å². The molecule has 1 aliphatic rings. The van der Waals surface area contributed by atoms with Gasteiger partial charge in [0.2, 0.25) is 0 Å². The molecule has 0 radical (unpaired) electrons. The van der Waals surface area contributed by atoms with E-state index in [0.29, 0.717) is 0 Å². The van der Waals surface area contributed by atoms with Crippen molar-refractivity contribution in [2.45, 2.75) is 5.41 Å². The van der Waals surface area contributed by atoms with Crippen molar-refractivity contribution in [3.8, 4) is 33.8 Å². The van der Waals surface area contributed by atoms with E-state index in [0.717, 1.165) is 22.6 Å². The number of hydrogen-bond acceptors (Lipinski definition) is 4. The van der Waals surface area contributed by atoms with Gasteiger partial charge in [0.15, 0.2) is 0 Å². The summed E-state index contributed by atoms with van der Waals surface area (Å²) in [7, 11) is 0. The van der Waals surface area contributed by atoms with Crippen molar-refractivity contribution >= 4 is 10.8 Å². The highest BCUT2D eigenvalue weighted by Crippen LogP contribution is 2.58. The summed E-state index contributed by atoms with van der Waals surface area (Å²) in [4.78, 5) is 0. The number of benzene rings is 6. The highest BCUT2D eigenvalue weighted by Gasteiger charge is 2.46. The molecule has 0 unspecified atom stereocenters. The maximum Gasteiger partial charge on any atom is 0.119 e. The monoisotopic (exact) mass is 564 g/mol. The van der Waals surface area contributed by atoms with E-state index in [1.54, 1.807) is 0 Å². The summed E-state index contributed by atoms with van der Waals surface area (Å²) in [6.07, 6.45) is 0. The van der Waals surface area contributed by atoms with Crippen molar-refractivity contribution < 1.29 is 19.7 Å². The van der Waals surface area contributed by atoms with Gasteiger partial charge < -0.3 is 19.7 Å². The molecule has 0 bridgehead atoms. The second kappa shape index (κ2) is 11.4. The van der Waals surface area contributed by atoms with Crippen LogP contribution in [-0.2, 0) is 5.41 Å². The molecule has 0 saturated carbocycles.